The van der Waals surface area contributed by atoms with Crippen LogP contribution in [0.15, 0.2) is 0 Å². The Kier molecular flexibility index (Phi) is 6.07. The third-order valence-corrected chi connectivity index (χ3v) is 3.22. The van der Waals surface area contributed by atoms with Gasteiger partial charge >= 0.3 is 5.97 Å². The topological polar surface area (TPSA) is 92.9 Å². The second kappa shape index (κ2) is 7.33. The first-order valence-corrected chi connectivity index (χ1v) is 6.36. The van der Waals surface area contributed by atoms with E-state index in [1.165, 1.54) is 0 Å². The molecule has 0 bridgehead atoms. The van der Waals surface area contributed by atoms with E-state index in [0.29, 0.717) is 38.9 Å². The Morgan fingerprint density at radius 3 is 2.56 bits per heavy atom. The van der Waals surface area contributed by atoms with Crippen molar-refractivity contribution >= 4 is 11.9 Å². The zero-order valence-corrected chi connectivity index (χ0v) is 10.8. The molecular formula is C12H22N2O4. The third-order valence-electron chi connectivity index (χ3n) is 3.22. The molecule has 0 spiro atoms. The maximum Gasteiger partial charge on any atom is 0.329 e. The van der Waals surface area contributed by atoms with Crippen molar-refractivity contribution in [2.24, 2.45) is 11.7 Å². The SMILES string of the molecule is CC(CCN)C(=O)N1CCC(OCC(=O)O)CC1. The maximum atomic E-state index is 12.0. The van der Waals surface area contributed by atoms with Gasteiger partial charge in [-0.05, 0) is 25.8 Å². The van der Waals surface area contributed by atoms with Gasteiger partial charge in [0, 0.05) is 19.0 Å². The summed E-state index contributed by atoms with van der Waals surface area (Å²) in [5.74, 6) is -0.853. The minimum absolute atomic E-state index is 0.0357. The van der Waals surface area contributed by atoms with E-state index in [9.17, 15) is 9.59 Å². The van der Waals surface area contributed by atoms with Crippen LogP contribution in [-0.4, -0.2) is 54.2 Å². The Hall–Kier alpha value is -1.14. The normalized spacial score (nSPS) is 18.7. The van der Waals surface area contributed by atoms with E-state index in [4.69, 9.17) is 15.6 Å². The summed E-state index contributed by atoms with van der Waals surface area (Å²) in [4.78, 5) is 24.2. The van der Waals surface area contributed by atoms with Crippen molar-refractivity contribution in [2.45, 2.75) is 32.3 Å². The highest BCUT2D eigenvalue weighted by Crippen LogP contribution is 2.16. The summed E-state index contributed by atoms with van der Waals surface area (Å²) in [6.07, 6.45) is 2.06. The van der Waals surface area contributed by atoms with Crippen molar-refractivity contribution in [3.05, 3.63) is 0 Å². The van der Waals surface area contributed by atoms with Gasteiger partial charge in [0.25, 0.3) is 0 Å². The van der Waals surface area contributed by atoms with Crippen molar-refractivity contribution in [2.75, 3.05) is 26.2 Å². The lowest BCUT2D eigenvalue weighted by Crippen LogP contribution is -2.43. The van der Waals surface area contributed by atoms with Crippen LogP contribution in [0, 0.1) is 5.92 Å². The van der Waals surface area contributed by atoms with Gasteiger partial charge in [0.2, 0.25) is 5.91 Å². The van der Waals surface area contributed by atoms with E-state index in [1.54, 1.807) is 0 Å². The average Bonchev–Trinajstić information content (AvgIpc) is 2.36. The van der Waals surface area contributed by atoms with Gasteiger partial charge in [-0.2, -0.15) is 0 Å². The van der Waals surface area contributed by atoms with Gasteiger partial charge in [0.1, 0.15) is 6.61 Å². The summed E-state index contributed by atoms with van der Waals surface area (Å²) < 4.78 is 5.22. The fourth-order valence-corrected chi connectivity index (χ4v) is 2.12. The van der Waals surface area contributed by atoms with Gasteiger partial charge in [-0.1, -0.05) is 6.92 Å². The number of ether oxygens (including phenoxy) is 1. The summed E-state index contributed by atoms with van der Waals surface area (Å²) in [6, 6.07) is 0. The zero-order chi connectivity index (χ0) is 13.5. The molecule has 104 valence electrons. The molecule has 0 saturated carbocycles. The number of hydrogen-bond acceptors (Lipinski definition) is 4. The maximum absolute atomic E-state index is 12.0. The van der Waals surface area contributed by atoms with Gasteiger partial charge in [-0.3, -0.25) is 4.79 Å². The van der Waals surface area contributed by atoms with E-state index in [-0.39, 0.29) is 24.5 Å². The quantitative estimate of drug-likeness (QED) is 0.703. The smallest absolute Gasteiger partial charge is 0.329 e. The fraction of sp³-hybridized carbons (Fsp3) is 0.833. The van der Waals surface area contributed by atoms with Crippen LogP contribution in [0.25, 0.3) is 0 Å². The van der Waals surface area contributed by atoms with E-state index in [1.807, 2.05) is 11.8 Å². The summed E-state index contributed by atoms with van der Waals surface area (Å²) >= 11 is 0. The van der Waals surface area contributed by atoms with Crippen LogP contribution >= 0.6 is 0 Å². The van der Waals surface area contributed by atoms with E-state index < -0.39 is 5.97 Å². The average molecular weight is 258 g/mol. The van der Waals surface area contributed by atoms with Gasteiger partial charge in [-0.25, -0.2) is 4.79 Å². The molecule has 3 N–H and O–H groups in total. The van der Waals surface area contributed by atoms with Gasteiger partial charge in [0.15, 0.2) is 0 Å². The lowest BCUT2D eigenvalue weighted by atomic mass is 10.0. The molecule has 1 amide bonds. The highest BCUT2D eigenvalue weighted by molar-refractivity contribution is 5.78. The predicted molar refractivity (Wildman–Crippen MR) is 66.0 cm³/mol. The number of likely N-dealkylation sites (tertiary alicyclic amines) is 1. The number of carboxylic acids is 1. The summed E-state index contributed by atoms with van der Waals surface area (Å²) in [5, 5.41) is 8.51. The molecule has 18 heavy (non-hydrogen) atoms. The second-order valence-electron chi connectivity index (χ2n) is 4.71. The molecule has 1 unspecified atom stereocenters. The number of carbonyl (C=O) groups is 2. The van der Waals surface area contributed by atoms with Crippen LogP contribution < -0.4 is 5.73 Å². The molecule has 0 aromatic heterocycles. The lowest BCUT2D eigenvalue weighted by Gasteiger charge is -2.33. The monoisotopic (exact) mass is 258 g/mol. The number of piperidine rings is 1. The minimum Gasteiger partial charge on any atom is -0.480 e. The van der Waals surface area contributed by atoms with Crippen LogP contribution in [0.1, 0.15) is 26.2 Å². The molecule has 0 aromatic carbocycles. The Morgan fingerprint density at radius 2 is 2.06 bits per heavy atom. The van der Waals surface area contributed by atoms with Gasteiger partial charge in [0.05, 0.1) is 6.10 Å². The van der Waals surface area contributed by atoms with Crippen molar-refractivity contribution in [1.82, 2.24) is 4.90 Å². The van der Waals surface area contributed by atoms with E-state index in [0.717, 1.165) is 0 Å². The second-order valence-corrected chi connectivity index (χ2v) is 4.71. The number of carboxylic acid groups (broad SMARTS) is 1. The lowest BCUT2D eigenvalue weighted by molar-refractivity contribution is -0.147. The number of nitrogens with zero attached hydrogens (tertiary/aromatic N) is 1. The van der Waals surface area contributed by atoms with Crippen molar-refractivity contribution in [3.63, 3.8) is 0 Å². The Bertz CT molecular complexity index is 288. The molecule has 1 rings (SSSR count). The van der Waals surface area contributed by atoms with E-state index >= 15 is 0 Å². The van der Waals surface area contributed by atoms with Crippen LogP contribution in [-0.2, 0) is 14.3 Å². The first-order chi connectivity index (χ1) is 8.54. The molecule has 0 aromatic rings. The number of aliphatic carboxylic acids is 1. The van der Waals surface area contributed by atoms with Crippen LogP contribution in [0.2, 0.25) is 0 Å². The van der Waals surface area contributed by atoms with Crippen LogP contribution in [0.3, 0.4) is 0 Å². The number of rotatable bonds is 6. The Balaban J connectivity index is 2.30. The van der Waals surface area contributed by atoms with Crippen LogP contribution in [0.5, 0.6) is 0 Å². The highest BCUT2D eigenvalue weighted by atomic mass is 16.5. The summed E-state index contributed by atoms with van der Waals surface area (Å²) in [7, 11) is 0. The molecular weight excluding hydrogens is 236 g/mol. The molecule has 1 heterocycles. The molecule has 1 atom stereocenters. The Labute approximate surface area is 107 Å². The minimum atomic E-state index is -0.954. The standard InChI is InChI=1S/C12H22N2O4/c1-9(2-5-13)12(17)14-6-3-10(4-7-14)18-8-11(15)16/h9-10H,2-8,13H2,1H3,(H,15,16). The molecule has 6 heteroatoms. The molecule has 0 aliphatic carbocycles. The number of hydrogen-bond donors (Lipinski definition) is 2. The van der Waals surface area contributed by atoms with Gasteiger partial charge < -0.3 is 20.5 Å². The third kappa shape index (κ3) is 4.62. The molecule has 0 radical (unpaired) electrons. The first-order valence-electron chi connectivity index (χ1n) is 6.36. The summed E-state index contributed by atoms with van der Waals surface area (Å²) in [6.45, 7) is 3.42. The zero-order valence-electron chi connectivity index (χ0n) is 10.8. The predicted octanol–water partition coefficient (Wildman–Crippen LogP) is 0.0635. The van der Waals surface area contributed by atoms with Crippen molar-refractivity contribution < 1.29 is 19.4 Å². The number of carbonyl (C=O) groups excluding carboxylic acids is 1. The molecule has 6 nitrogen and oxygen atoms in total. The number of nitrogens with two attached hydrogens (primary N) is 1. The molecule has 1 aliphatic rings. The first kappa shape index (κ1) is 14.9. The van der Waals surface area contributed by atoms with Crippen LogP contribution in [0.4, 0.5) is 0 Å². The van der Waals surface area contributed by atoms with Crippen molar-refractivity contribution in [3.8, 4) is 0 Å². The number of amides is 1. The molecule has 1 aliphatic heterocycles. The largest absolute Gasteiger partial charge is 0.480 e. The Morgan fingerprint density at radius 1 is 1.44 bits per heavy atom. The summed E-state index contributed by atoms with van der Waals surface area (Å²) in [5.41, 5.74) is 5.44. The fourth-order valence-electron chi connectivity index (χ4n) is 2.12. The molecule has 1 saturated heterocycles. The van der Waals surface area contributed by atoms with Crippen molar-refractivity contribution in [1.29, 1.82) is 0 Å². The van der Waals surface area contributed by atoms with E-state index in [2.05, 4.69) is 0 Å². The molecule has 1 fully saturated rings. The van der Waals surface area contributed by atoms with Gasteiger partial charge in [-0.15, -0.1) is 0 Å². The highest BCUT2D eigenvalue weighted by Gasteiger charge is 2.26.